The molecule has 1 saturated carbocycles. The second kappa shape index (κ2) is 10.7. The summed E-state index contributed by atoms with van der Waals surface area (Å²) in [5.41, 5.74) is 1.01. The lowest BCUT2D eigenvalue weighted by Crippen LogP contribution is -2.52. The highest BCUT2D eigenvalue weighted by atomic mass is 35.5. The number of barbiturate groups is 2. The van der Waals surface area contributed by atoms with Gasteiger partial charge in [-0.25, -0.2) is 9.59 Å². The van der Waals surface area contributed by atoms with Crippen molar-refractivity contribution >= 4 is 93.5 Å². The van der Waals surface area contributed by atoms with Crippen LogP contribution in [0.25, 0.3) is 31.7 Å². The van der Waals surface area contributed by atoms with Gasteiger partial charge in [0.15, 0.2) is 0 Å². The van der Waals surface area contributed by atoms with Crippen LogP contribution >= 0.6 is 45.6 Å². The fourth-order valence-corrected chi connectivity index (χ4v) is 8.71. The van der Waals surface area contributed by atoms with Crippen LogP contribution in [-0.4, -0.2) is 83.5 Å². The summed E-state index contributed by atoms with van der Waals surface area (Å²) in [6.07, 6.45) is 5.13. The van der Waals surface area contributed by atoms with Gasteiger partial charge in [0.05, 0.1) is 9.90 Å². The number of halogens is 1. The van der Waals surface area contributed by atoms with Gasteiger partial charge in [-0.1, -0.05) is 11.6 Å². The first-order valence-corrected chi connectivity index (χ1v) is 15.9. The van der Waals surface area contributed by atoms with E-state index in [-0.39, 0.29) is 11.1 Å². The zero-order chi connectivity index (χ0) is 30.9. The molecule has 0 N–H and O–H groups in total. The Hall–Kier alpha value is -3.91. The predicted octanol–water partition coefficient (Wildman–Crippen LogP) is 5.60. The number of hydrogen-bond acceptors (Lipinski definition) is 9. The smallest absolute Gasteiger partial charge is 0.268 e. The first-order chi connectivity index (χ1) is 20.4. The number of imide groups is 4. The van der Waals surface area contributed by atoms with Crippen molar-refractivity contribution in [2.24, 2.45) is 0 Å². The number of nitrogens with zero attached hydrogens (tertiary/aromatic N) is 4. The normalized spacial score (nSPS) is 18.1. The number of thiophene rings is 3. The van der Waals surface area contributed by atoms with E-state index in [2.05, 4.69) is 6.07 Å². The highest BCUT2D eigenvalue weighted by Crippen LogP contribution is 2.53. The number of amides is 8. The van der Waals surface area contributed by atoms with Gasteiger partial charge in [-0.05, 0) is 60.7 Å². The van der Waals surface area contributed by atoms with Gasteiger partial charge in [0.2, 0.25) is 0 Å². The quantitative estimate of drug-likeness (QED) is 0.261. The van der Waals surface area contributed by atoms with E-state index < -0.39 is 35.7 Å². The maximum Gasteiger partial charge on any atom is 0.333 e. The molecule has 0 aromatic carbocycles. The van der Waals surface area contributed by atoms with Gasteiger partial charge in [-0.2, -0.15) is 0 Å². The van der Waals surface area contributed by atoms with Gasteiger partial charge in [0, 0.05) is 52.6 Å². The predicted molar refractivity (Wildman–Crippen MR) is 166 cm³/mol. The van der Waals surface area contributed by atoms with Crippen LogP contribution in [0.4, 0.5) is 9.59 Å². The average Bonchev–Trinajstić information content (AvgIpc) is 3.39. The van der Waals surface area contributed by atoms with Crippen molar-refractivity contribution < 1.29 is 28.8 Å². The molecule has 1 aliphatic carbocycles. The largest absolute Gasteiger partial charge is 0.333 e. The minimum atomic E-state index is -0.685. The number of hydrogen-bond donors (Lipinski definition) is 0. The molecule has 10 nitrogen and oxygen atoms in total. The van der Waals surface area contributed by atoms with Crippen LogP contribution in [0.3, 0.4) is 0 Å². The van der Waals surface area contributed by atoms with Gasteiger partial charge in [0.25, 0.3) is 23.6 Å². The van der Waals surface area contributed by atoms with E-state index in [1.165, 1.54) is 68.6 Å². The second-order valence-corrected chi connectivity index (χ2v) is 14.0. The molecule has 14 heteroatoms. The van der Waals surface area contributed by atoms with E-state index in [4.69, 9.17) is 11.6 Å². The monoisotopic (exact) mass is 654 g/mol. The standard InChI is InChI=1S/C29H23ClN4O6S3/c1-31-24(35)17(25(36)32(2)28(31)39)9-14-7-8-20(41-14)22-16(13-5-6-13)12-21(43-22)23-19(30)11-15(42-23)10-18-26(37)33(3)29(40)34(4)27(18)38/h7-13H,5-6H2,1-4H3. The molecular formula is C29H23ClN4O6S3. The van der Waals surface area contributed by atoms with E-state index in [0.29, 0.717) is 20.7 Å². The van der Waals surface area contributed by atoms with E-state index in [1.807, 2.05) is 12.1 Å². The summed E-state index contributed by atoms with van der Waals surface area (Å²) in [6, 6.07) is 6.28. The SMILES string of the molecule is CN1C(=O)C(=Cc2ccc(-c3sc(-c4sc(C=C5C(=O)N(C)C(=O)N(C)C5=O)cc4Cl)cc3C3CC3)s2)C(=O)N(C)C1=O. The van der Waals surface area contributed by atoms with Crippen molar-refractivity contribution in [1.29, 1.82) is 0 Å². The second-order valence-electron chi connectivity index (χ2n) is 10.3. The van der Waals surface area contributed by atoms with Crippen molar-refractivity contribution in [2.45, 2.75) is 18.8 Å². The Morgan fingerprint density at radius 1 is 0.651 bits per heavy atom. The van der Waals surface area contributed by atoms with Crippen molar-refractivity contribution in [2.75, 3.05) is 28.2 Å². The first kappa shape index (κ1) is 29.2. The Balaban J connectivity index is 1.33. The Morgan fingerprint density at radius 2 is 1.16 bits per heavy atom. The number of carbonyl (C=O) groups is 6. The van der Waals surface area contributed by atoms with Crippen molar-refractivity contribution in [1.82, 2.24) is 19.6 Å². The molecular weight excluding hydrogens is 632 g/mol. The number of urea groups is 2. The summed E-state index contributed by atoms with van der Waals surface area (Å²) in [6.45, 7) is 0. The molecule has 5 heterocycles. The van der Waals surface area contributed by atoms with E-state index in [1.54, 1.807) is 17.4 Å². The molecule has 0 atom stereocenters. The van der Waals surface area contributed by atoms with Crippen LogP contribution in [0.2, 0.25) is 5.02 Å². The molecule has 43 heavy (non-hydrogen) atoms. The molecule has 6 rings (SSSR count). The van der Waals surface area contributed by atoms with Crippen LogP contribution in [0, 0.1) is 0 Å². The lowest BCUT2D eigenvalue weighted by Gasteiger charge is -2.28. The minimum Gasteiger partial charge on any atom is -0.268 e. The summed E-state index contributed by atoms with van der Waals surface area (Å²) in [5.74, 6) is -2.20. The fraction of sp³-hybridized carbons (Fsp3) is 0.241. The molecule has 8 amide bonds. The molecule has 220 valence electrons. The summed E-state index contributed by atoms with van der Waals surface area (Å²) >= 11 is 11.0. The van der Waals surface area contributed by atoms with Crippen LogP contribution in [0.5, 0.6) is 0 Å². The summed E-state index contributed by atoms with van der Waals surface area (Å²) < 4.78 is 0. The van der Waals surface area contributed by atoms with Crippen molar-refractivity contribution in [3.8, 4) is 19.5 Å². The molecule has 0 spiro atoms. The topological polar surface area (TPSA) is 115 Å². The highest BCUT2D eigenvalue weighted by Gasteiger charge is 2.39. The van der Waals surface area contributed by atoms with E-state index in [0.717, 1.165) is 51.9 Å². The highest BCUT2D eigenvalue weighted by molar-refractivity contribution is 7.27. The molecule has 3 aliphatic rings. The Morgan fingerprint density at radius 3 is 1.67 bits per heavy atom. The minimum absolute atomic E-state index is 0.0732. The number of rotatable bonds is 5. The molecule has 2 saturated heterocycles. The maximum absolute atomic E-state index is 12.7. The van der Waals surface area contributed by atoms with Gasteiger partial charge >= 0.3 is 12.1 Å². The maximum atomic E-state index is 12.7. The van der Waals surface area contributed by atoms with Gasteiger partial charge < -0.3 is 0 Å². The first-order valence-electron chi connectivity index (χ1n) is 13.0. The molecule has 0 unspecified atom stereocenters. The Labute approximate surface area is 263 Å². The lowest BCUT2D eigenvalue weighted by molar-refractivity contribution is -0.135. The number of carbonyl (C=O) groups excluding carboxylic acids is 6. The third-order valence-electron chi connectivity index (χ3n) is 7.42. The summed E-state index contributed by atoms with van der Waals surface area (Å²) in [5, 5.41) is 0.481. The molecule has 0 bridgehead atoms. The van der Waals surface area contributed by atoms with Crippen LogP contribution < -0.4 is 0 Å². The average molecular weight is 655 g/mol. The zero-order valence-corrected chi connectivity index (χ0v) is 26.5. The van der Waals surface area contributed by atoms with Crippen LogP contribution in [-0.2, 0) is 19.2 Å². The van der Waals surface area contributed by atoms with Gasteiger partial charge in [-0.15, -0.1) is 34.0 Å². The van der Waals surface area contributed by atoms with Crippen LogP contribution in [0.1, 0.15) is 34.1 Å². The third-order valence-corrected chi connectivity index (χ3v) is 11.5. The van der Waals surface area contributed by atoms with Crippen LogP contribution in [0.15, 0.2) is 35.4 Å². The van der Waals surface area contributed by atoms with E-state index >= 15 is 0 Å². The summed E-state index contributed by atoms with van der Waals surface area (Å²) in [4.78, 5) is 83.5. The lowest BCUT2D eigenvalue weighted by atomic mass is 10.1. The molecule has 3 fully saturated rings. The van der Waals surface area contributed by atoms with Gasteiger partial charge in [0.1, 0.15) is 11.1 Å². The van der Waals surface area contributed by atoms with Gasteiger partial charge in [-0.3, -0.25) is 38.8 Å². The molecule has 0 radical (unpaired) electrons. The Bertz CT molecular complexity index is 1790. The Kier molecular flexibility index (Phi) is 7.24. The van der Waals surface area contributed by atoms with E-state index in [9.17, 15) is 28.8 Å². The zero-order valence-electron chi connectivity index (χ0n) is 23.3. The molecule has 3 aromatic heterocycles. The summed E-state index contributed by atoms with van der Waals surface area (Å²) in [7, 11) is 5.35. The fourth-order valence-electron chi connectivity index (χ4n) is 4.82. The van der Waals surface area contributed by atoms with Crippen molar-refractivity contribution in [3.05, 3.63) is 55.8 Å². The molecule has 3 aromatic rings. The van der Waals surface area contributed by atoms with Crippen molar-refractivity contribution in [3.63, 3.8) is 0 Å². The molecule has 2 aliphatic heterocycles. The number of likely N-dealkylation sites (N-methyl/N-ethyl adjacent to an activating group) is 4. The third kappa shape index (κ3) is 4.95.